The average molecular weight is 1000 g/mol. The molecule has 6 heterocycles. The molecule has 0 aliphatic heterocycles. The molecule has 74 heavy (non-hydrogen) atoms. The van der Waals surface area contributed by atoms with Crippen molar-refractivity contribution in [3.8, 4) is 22.5 Å². The second kappa shape index (κ2) is 19.8. The summed E-state index contributed by atoms with van der Waals surface area (Å²) in [6.45, 7) is 4.12. The number of nitrogens with one attached hydrogen (secondary N) is 2. The van der Waals surface area contributed by atoms with Crippen molar-refractivity contribution < 1.29 is 27.4 Å². The van der Waals surface area contributed by atoms with Crippen LogP contribution >= 0.6 is 0 Å². The molecular formula is C54H56F2N14O4. The summed E-state index contributed by atoms with van der Waals surface area (Å²) >= 11 is 0. The quantitative estimate of drug-likeness (QED) is 0.0763. The third-order valence-electron chi connectivity index (χ3n) is 14.8. The maximum atomic E-state index is 14.8. The number of fused-ring (bicyclic) bond motifs is 2. The van der Waals surface area contributed by atoms with Crippen molar-refractivity contribution in [3.63, 3.8) is 0 Å². The number of Topliss-reactive ketones (excluding diaryl/α,β-unsaturated/α-hetero) is 2. The highest BCUT2D eigenvalue weighted by molar-refractivity contribution is 5.93. The van der Waals surface area contributed by atoms with Gasteiger partial charge in [-0.15, -0.1) is 0 Å². The van der Waals surface area contributed by atoms with Crippen molar-refractivity contribution in [1.29, 1.82) is 0 Å². The molecule has 0 spiro atoms. The van der Waals surface area contributed by atoms with E-state index in [1.807, 2.05) is 75.0 Å². The fraction of sp³-hybridized carbons (Fsp3) is 0.407. The van der Waals surface area contributed by atoms with Gasteiger partial charge in [-0.2, -0.15) is 20.2 Å². The van der Waals surface area contributed by atoms with Gasteiger partial charge in [0.1, 0.15) is 12.3 Å². The van der Waals surface area contributed by atoms with Crippen molar-refractivity contribution >= 4 is 34.8 Å². The first-order valence-electron chi connectivity index (χ1n) is 25.2. The van der Waals surface area contributed by atoms with Gasteiger partial charge in [0.05, 0.1) is 35.2 Å². The van der Waals surface area contributed by atoms with Gasteiger partial charge in [0, 0.05) is 86.5 Å². The molecule has 2 N–H and O–H groups in total. The van der Waals surface area contributed by atoms with Crippen molar-refractivity contribution in [2.45, 2.75) is 126 Å². The molecule has 380 valence electrons. The number of rotatable bonds is 14. The summed E-state index contributed by atoms with van der Waals surface area (Å²) in [4.78, 5) is 52.7. The third-order valence-corrected chi connectivity index (χ3v) is 14.8. The minimum atomic E-state index is -0.964. The fourth-order valence-electron chi connectivity index (χ4n) is 9.85. The van der Waals surface area contributed by atoms with Gasteiger partial charge in [0.25, 0.3) is 0 Å². The molecule has 2 aromatic carbocycles. The zero-order valence-electron chi connectivity index (χ0n) is 41.6. The number of ketones is 2. The van der Waals surface area contributed by atoms with Crippen LogP contribution in [0.1, 0.15) is 145 Å². The molecule has 6 aromatic heterocycles. The van der Waals surface area contributed by atoms with Gasteiger partial charge in [-0.25, -0.2) is 28.7 Å². The van der Waals surface area contributed by atoms with E-state index in [0.29, 0.717) is 62.2 Å². The van der Waals surface area contributed by atoms with Crippen LogP contribution < -0.4 is 10.6 Å². The van der Waals surface area contributed by atoms with Gasteiger partial charge >= 0.3 is 0 Å². The second-order valence-electron chi connectivity index (χ2n) is 20.8. The molecule has 0 saturated heterocycles. The van der Waals surface area contributed by atoms with Crippen LogP contribution in [0.15, 0.2) is 94.8 Å². The number of nitrogens with zero attached hydrogens (tertiary/aromatic N) is 12. The third kappa shape index (κ3) is 10.7. The molecule has 12 rings (SSSR count). The predicted molar refractivity (Wildman–Crippen MR) is 269 cm³/mol. The molecular weight excluding hydrogens is 947 g/mol. The first-order valence-corrected chi connectivity index (χ1v) is 25.2. The molecule has 8 aromatic rings. The Bertz CT molecular complexity index is 3140. The Hall–Kier alpha value is -7.90. The molecule has 18 nitrogen and oxygen atoms in total. The summed E-state index contributed by atoms with van der Waals surface area (Å²) in [5, 5.41) is 22.5. The zero-order valence-corrected chi connectivity index (χ0v) is 41.6. The van der Waals surface area contributed by atoms with Crippen LogP contribution in [0.5, 0.6) is 0 Å². The van der Waals surface area contributed by atoms with Crippen LogP contribution in [0.3, 0.4) is 0 Å². The van der Waals surface area contributed by atoms with E-state index in [0.717, 1.165) is 81.8 Å². The number of benzene rings is 2. The Morgan fingerprint density at radius 2 is 1.05 bits per heavy atom. The summed E-state index contributed by atoms with van der Waals surface area (Å²) in [6.07, 6.45) is 15.5. The van der Waals surface area contributed by atoms with E-state index < -0.39 is 12.3 Å². The lowest BCUT2D eigenvalue weighted by atomic mass is 9.87. The number of halogens is 2. The van der Waals surface area contributed by atoms with Crippen LogP contribution in [-0.2, 0) is 37.8 Å². The Labute approximate surface area is 425 Å². The Kier molecular flexibility index (Phi) is 13.0. The summed E-state index contributed by atoms with van der Waals surface area (Å²) in [5.41, 5.74) is 8.39. The molecule has 4 aliphatic rings. The average Bonchev–Trinajstić information content (AvgIpc) is 3.94. The van der Waals surface area contributed by atoms with Gasteiger partial charge in [-0.1, -0.05) is 48.4 Å². The van der Waals surface area contributed by atoms with Gasteiger partial charge < -0.3 is 19.7 Å². The van der Waals surface area contributed by atoms with E-state index in [1.54, 1.807) is 34.2 Å². The predicted octanol–water partition coefficient (Wildman–Crippen LogP) is 10.2. The Morgan fingerprint density at radius 1 is 0.622 bits per heavy atom. The topological polar surface area (TPSA) is 223 Å². The van der Waals surface area contributed by atoms with Crippen molar-refractivity contribution in [3.05, 3.63) is 131 Å². The maximum absolute atomic E-state index is 14.8. The number of aromatic nitrogens is 12. The standard InChI is InChI=1S/2C27H28FN7O2/c2*1-27(8-9-27)25-33-24(34-37-25)23(36)13-16-3-5-19(28)12-18-11-17(4-6-21(16)18)22-7-10-29-26(32-22)31-20-14-30-35(2)15-20/h2*4,6-7,10-11,14-16,19H,3,5,8-9,12-13H2,1-2H3,(H,29,31,32)/t2*16-,19+/m10/s1. The van der Waals surface area contributed by atoms with Crippen LogP contribution in [0.25, 0.3) is 22.5 Å². The lowest BCUT2D eigenvalue weighted by Gasteiger charge is -2.17. The number of hydrogen-bond acceptors (Lipinski definition) is 16. The highest BCUT2D eigenvalue weighted by Crippen LogP contribution is 2.48. The number of alkyl halides is 2. The molecule has 4 aliphatic carbocycles. The minimum absolute atomic E-state index is 0.0906. The number of anilines is 4. The monoisotopic (exact) mass is 1000 g/mol. The van der Waals surface area contributed by atoms with E-state index in [4.69, 9.17) is 9.05 Å². The fourth-order valence-corrected chi connectivity index (χ4v) is 9.85. The van der Waals surface area contributed by atoms with E-state index in [-0.39, 0.29) is 58.7 Å². The largest absolute Gasteiger partial charge is 0.338 e. The van der Waals surface area contributed by atoms with Crippen molar-refractivity contribution in [2.24, 2.45) is 14.1 Å². The molecule has 20 heteroatoms. The number of hydrogen-bond donors (Lipinski definition) is 2. The molecule has 2 fully saturated rings. The van der Waals surface area contributed by atoms with Crippen LogP contribution in [0.4, 0.5) is 32.1 Å². The van der Waals surface area contributed by atoms with Gasteiger partial charge in [-0.05, 0) is 110 Å². The molecule has 0 amide bonds. The van der Waals surface area contributed by atoms with Crippen LogP contribution in [0, 0.1) is 0 Å². The van der Waals surface area contributed by atoms with Gasteiger partial charge in [0.2, 0.25) is 46.9 Å². The Balaban J connectivity index is 0.000000159. The molecule has 4 atom stereocenters. The number of aryl methyl sites for hydroxylation is 2. The lowest BCUT2D eigenvalue weighted by Crippen LogP contribution is -2.10. The summed E-state index contributed by atoms with van der Waals surface area (Å²) in [5.74, 6) is 1.66. The highest BCUT2D eigenvalue weighted by Gasteiger charge is 2.46. The molecule has 0 bridgehead atoms. The highest BCUT2D eigenvalue weighted by atomic mass is 19.1. The maximum Gasteiger partial charge on any atom is 0.238 e. The van der Waals surface area contributed by atoms with Crippen LogP contribution in [-0.4, -0.2) is 83.7 Å². The van der Waals surface area contributed by atoms with E-state index in [9.17, 15) is 18.4 Å². The smallest absolute Gasteiger partial charge is 0.238 e. The number of carbonyl (C=O) groups is 2. The van der Waals surface area contributed by atoms with E-state index >= 15 is 0 Å². The Morgan fingerprint density at radius 3 is 1.45 bits per heavy atom. The van der Waals surface area contributed by atoms with Gasteiger partial charge in [0.15, 0.2) is 0 Å². The van der Waals surface area contributed by atoms with E-state index in [2.05, 4.69) is 74.9 Å². The molecule has 2 saturated carbocycles. The second-order valence-corrected chi connectivity index (χ2v) is 20.8. The zero-order chi connectivity index (χ0) is 51.1. The van der Waals surface area contributed by atoms with Gasteiger partial charge in [-0.3, -0.25) is 19.0 Å². The van der Waals surface area contributed by atoms with Crippen molar-refractivity contribution in [2.75, 3.05) is 10.6 Å². The van der Waals surface area contributed by atoms with Crippen molar-refractivity contribution in [1.82, 2.24) is 59.8 Å². The normalized spacial score (nSPS) is 20.2. The summed E-state index contributed by atoms with van der Waals surface area (Å²) in [6, 6.07) is 15.6. The minimum Gasteiger partial charge on any atom is -0.338 e. The summed E-state index contributed by atoms with van der Waals surface area (Å²) in [7, 11) is 3.68. The SMILES string of the molecule is Cn1cc(Nc2nccc(-c3ccc4c(c3)C[C@@H](F)CC[C@@H]4CC(=O)c3noc(C4(C)CC4)n3)n2)cn1.Cn1cc(Nc2nccc(-c3ccc4c(c3)C[C@H](F)CC[C@H]4CC(=O)c3noc(C4(C)CC4)n3)n2)cn1. The first kappa shape index (κ1) is 48.4. The molecule has 0 radical (unpaired) electrons. The lowest BCUT2D eigenvalue weighted by molar-refractivity contribution is 0.0950. The van der Waals surface area contributed by atoms with Crippen LogP contribution in [0.2, 0.25) is 0 Å². The first-order chi connectivity index (χ1) is 35.7. The van der Waals surface area contributed by atoms with E-state index in [1.165, 1.54) is 0 Å². The summed E-state index contributed by atoms with van der Waals surface area (Å²) < 4.78 is 43.7. The molecule has 0 unspecified atom stereocenters. The number of carbonyl (C=O) groups excluding carboxylic acids is 2.